The lowest BCUT2D eigenvalue weighted by Gasteiger charge is -2.26. The fraction of sp³-hybridized carbons (Fsp3) is 0.768. The molecule has 0 amide bonds. The van der Waals surface area contributed by atoms with Crippen LogP contribution in [0.25, 0.3) is 0 Å². The van der Waals surface area contributed by atoms with Crippen molar-refractivity contribution in [2.45, 2.75) is 232 Å². The van der Waals surface area contributed by atoms with Crippen molar-refractivity contribution in [3.63, 3.8) is 0 Å². The fourth-order valence-corrected chi connectivity index (χ4v) is 7.16. The molecule has 0 aliphatic rings. The van der Waals surface area contributed by atoms with E-state index in [0.717, 1.165) is 83.5 Å². The number of allylic oxidation sites excluding steroid dienone is 10. The zero-order valence-corrected chi connectivity index (χ0v) is 42.6. The van der Waals surface area contributed by atoms with Gasteiger partial charge in [0.2, 0.25) is 0 Å². The Bertz CT molecular complexity index is 1250. The van der Waals surface area contributed by atoms with Crippen LogP contribution in [0.3, 0.4) is 0 Å². The molecule has 0 aromatic heterocycles. The van der Waals surface area contributed by atoms with E-state index in [1.807, 2.05) is 21.1 Å². The minimum Gasteiger partial charge on any atom is -0.545 e. The number of likely N-dealkylation sites (N-methyl/N-ethyl adjacent to an activating group) is 1. The van der Waals surface area contributed by atoms with Gasteiger partial charge in [0.05, 0.1) is 40.3 Å². The van der Waals surface area contributed by atoms with Crippen LogP contribution in [-0.4, -0.2) is 82.3 Å². The predicted molar refractivity (Wildman–Crippen MR) is 269 cm³/mol. The number of carbonyl (C=O) groups is 3. The first kappa shape index (κ1) is 62.0. The second-order valence-corrected chi connectivity index (χ2v) is 18.8. The van der Waals surface area contributed by atoms with E-state index in [0.29, 0.717) is 17.4 Å². The summed E-state index contributed by atoms with van der Waals surface area (Å²) in [6, 6.07) is 0. The summed E-state index contributed by atoms with van der Waals surface area (Å²) in [6.45, 7) is 4.58. The zero-order chi connectivity index (χ0) is 47.7. The summed E-state index contributed by atoms with van der Waals surface area (Å²) >= 11 is 0. The second kappa shape index (κ2) is 47.5. The predicted octanol–water partition coefficient (Wildman–Crippen LogP) is 13.6. The van der Waals surface area contributed by atoms with Gasteiger partial charge in [0, 0.05) is 12.8 Å². The highest BCUT2D eigenvalue weighted by molar-refractivity contribution is 5.70. The number of rotatable bonds is 48. The first-order valence-corrected chi connectivity index (χ1v) is 26.4. The minimum absolute atomic E-state index is 0.146. The number of nitrogens with zero attached hydrogens (tertiary/aromatic N) is 1. The highest BCUT2D eigenvalue weighted by Gasteiger charge is 2.22. The molecule has 0 heterocycles. The Hall–Kier alpha value is -3.01. The maximum atomic E-state index is 12.8. The van der Waals surface area contributed by atoms with Gasteiger partial charge in [-0.05, 0) is 70.6 Å². The van der Waals surface area contributed by atoms with Crippen molar-refractivity contribution in [3.05, 3.63) is 60.8 Å². The van der Waals surface area contributed by atoms with Gasteiger partial charge in [-0.15, -0.1) is 0 Å². The van der Waals surface area contributed by atoms with Crippen LogP contribution in [0.1, 0.15) is 219 Å². The molecule has 0 bridgehead atoms. The van der Waals surface area contributed by atoms with E-state index < -0.39 is 24.3 Å². The number of carboxylic acid groups (broad SMARTS) is 1. The number of quaternary nitrogens is 1. The molecular weight excluding hydrogens is 815 g/mol. The van der Waals surface area contributed by atoms with Crippen LogP contribution >= 0.6 is 0 Å². The standard InChI is InChI=1S/C56H99NO8/c1-6-8-10-12-14-16-18-19-20-21-22-23-24-25-26-27-28-29-30-31-32-33-34-35-37-39-41-43-45-47-54(59)65-52(51-64-56(55(60)61)62-49-48-57(3,4)5)50-63-53(58)46-44-42-40-38-36-17-15-13-11-9-7-2/h8,10,13-16,19-20,22-23,52,56H,6-7,9,11-12,17-18,21,24-51H2,1-5H3/b10-8-,15-13-,16-14-,20-19-,23-22-. The number of carbonyl (C=O) groups excluding carboxylic acids is 3. The summed E-state index contributed by atoms with van der Waals surface area (Å²) < 4.78 is 22.6. The van der Waals surface area contributed by atoms with Gasteiger partial charge >= 0.3 is 11.9 Å². The van der Waals surface area contributed by atoms with Crippen LogP contribution in [0.4, 0.5) is 0 Å². The topological polar surface area (TPSA) is 111 Å². The van der Waals surface area contributed by atoms with Crippen molar-refractivity contribution in [1.82, 2.24) is 0 Å². The molecule has 376 valence electrons. The van der Waals surface area contributed by atoms with Crippen LogP contribution in [0.15, 0.2) is 60.8 Å². The van der Waals surface area contributed by atoms with Crippen molar-refractivity contribution in [1.29, 1.82) is 0 Å². The second-order valence-electron chi connectivity index (χ2n) is 18.8. The normalized spacial score (nSPS) is 13.3. The van der Waals surface area contributed by atoms with Crippen LogP contribution in [0, 0.1) is 0 Å². The summed E-state index contributed by atoms with van der Waals surface area (Å²) in [5.74, 6) is -2.29. The summed E-state index contributed by atoms with van der Waals surface area (Å²) in [7, 11) is 5.91. The molecule has 0 aliphatic carbocycles. The smallest absolute Gasteiger partial charge is 0.306 e. The van der Waals surface area contributed by atoms with E-state index in [4.69, 9.17) is 18.9 Å². The molecule has 0 spiro atoms. The lowest BCUT2D eigenvalue weighted by molar-refractivity contribution is -0.870. The van der Waals surface area contributed by atoms with Crippen molar-refractivity contribution in [2.75, 3.05) is 47.5 Å². The Labute approximate surface area is 399 Å². The number of ether oxygens (including phenoxy) is 4. The quantitative estimate of drug-likeness (QED) is 0.0195. The Balaban J connectivity index is 4.15. The van der Waals surface area contributed by atoms with Gasteiger partial charge in [-0.1, -0.05) is 197 Å². The molecule has 0 rings (SSSR count). The van der Waals surface area contributed by atoms with Gasteiger partial charge in [0.25, 0.3) is 0 Å². The third-order valence-electron chi connectivity index (χ3n) is 11.2. The monoisotopic (exact) mass is 914 g/mol. The van der Waals surface area contributed by atoms with Crippen LogP contribution in [0.5, 0.6) is 0 Å². The summed E-state index contributed by atoms with van der Waals surface area (Å²) in [4.78, 5) is 37.1. The van der Waals surface area contributed by atoms with E-state index in [1.54, 1.807) is 0 Å². The Morgan fingerprint density at radius 1 is 0.477 bits per heavy atom. The lowest BCUT2D eigenvalue weighted by atomic mass is 10.0. The molecule has 9 heteroatoms. The average Bonchev–Trinajstić information content (AvgIpc) is 3.27. The van der Waals surface area contributed by atoms with Gasteiger partial charge in [-0.25, -0.2) is 0 Å². The van der Waals surface area contributed by atoms with Crippen molar-refractivity contribution in [2.24, 2.45) is 0 Å². The molecule has 2 unspecified atom stereocenters. The highest BCUT2D eigenvalue weighted by Crippen LogP contribution is 2.16. The number of esters is 2. The molecule has 0 aromatic rings. The Morgan fingerprint density at radius 2 is 0.877 bits per heavy atom. The molecule has 0 fully saturated rings. The van der Waals surface area contributed by atoms with Crippen molar-refractivity contribution < 1.29 is 42.9 Å². The molecule has 9 nitrogen and oxygen atoms in total. The number of unbranched alkanes of at least 4 members (excludes halogenated alkanes) is 23. The molecule has 0 saturated carbocycles. The van der Waals surface area contributed by atoms with E-state index >= 15 is 0 Å². The summed E-state index contributed by atoms with van der Waals surface area (Å²) in [5, 5.41) is 11.7. The third kappa shape index (κ3) is 48.7. The van der Waals surface area contributed by atoms with E-state index in [9.17, 15) is 19.5 Å². The van der Waals surface area contributed by atoms with Gasteiger partial charge in [0.15, 0.2) is 12.4 Å². The van der Waals surface area contributed by atoms with Crippen LogP contribution in [-0.2, 0) is 33.3 Å². The highest BCUT2D eigenvalue weighted by atomic mass is 16.7. The van der Waals surface area contributed by atoms with E-state index in [1.165, 1.54) is 103 Å². The van der Waals surface area contributed by atoms with Crippen LogP contribution in [0.2, 0.25) is 0 Å². The molecule has 2 atom stereocenters. The number of hydrogen-bond acceptors (Lipinski definition) is 8. The minimum atomic E-state index is -1.62. The molecule has 0 N–H and O–H groups in total. The Kier molecular flexibility index (Phi) is 45.3. The van der Waals surface area contributed by atoms with E-state index in [2.05, 4.69) is 74.6 Å². The lowest BCUT2D eigenvalue weighted by Crippen LogP contribution is -2.44. The summed E-state index contributed by atoms with van der Waals surface area (Å²) in [5.41, 5.74) is 0. The van der Waals surface area contributed by atoms with Crippen LogP contribution < -0.4 is 5.11 Å². The maximum absolute atomic E-state index is 12.8. The number of aliphatic carboxylic acids is 1. The Morgan fingerprint density at radius 3 is 1.32 bits per heavy atom. The first-order valence-electron chi connectivity index (χ1n) is 26.4. The first-order chi connectivity index (χ1) is 31.6. The fourth-order valence-electron chi connectivity index (χ4n) is 7.16. The zero-order valence-electron chi connectivity index (χ0n) is 42.6. The van der Waals surface area contributed by atoms with E-state index in [-0.39, 0.29) is 38.6 Å². The largest absolute Gasteiger partial charge is 0.545 e. The molecule has 0 aliphatic heterocycles. The van der Waals surface area contributed by atoms with Gasteiger partial charge in [0.1, 0.15) is 13.2 Å². The average molecular weight is 914 g/mol. The molecule has 0 saturated heterocycles. The van der Waals surface area contributed by atoms with Crippen molar-refractivity contribution >= 4 is 17.9 Å². The molecule has 65 heavy (non-hydrogen) atoms. The van der Waals surface area contributed by atoms with Crippen molar-refractivity contribution in [3.8, 4) is 0 Å². The number of hydrogen-bond donors (Lipinski definition) is 0. The summed E-state index contributed by atoms with van der Waals surface area (Å²) in [6.07, 6.45) is 55.6. The number of carboxylic acids is 1. The molecular formula is C56H99NO8. The maximum Gasteiger partial charge on any atom is 0.306 e. The van der Waals surface area contributed by atoms with Gasteiger partial charge < -0.3 is 33.3 Å². The van der Waals surface area contributed by atoms with Gasteiger partial charge in [-0.2, -0.15) is 0 Å². The molecule has 0 radical (unpaired) electrons. The SMILES string of the molecule is CC/C=C\C/C=C\C/C=C\C/C=C\CCCCCCCCCCCCCCCCCCC(=O)OC(COC(=O)CCCCCCC/C=C\CCCC)COC(OCC[N+](C)(C)C)C(=O)[O-]. The van der Waals surface area contributed by atoms with Gasteiger partial charge in [-0.3, -0.25) is 9.59 Å². The third-order valence-corrected chi connectivity index (χ3v) is 11.2. The molecule has 0 aromatic carbocycles.